The van der Waals surface area contributed by atoms with Gasteiger partial charge in [-0.25, -0.2) is 14.6 Å². The Balaban J connectivity index is 1.70. The Bertz CT molecular complexity index is 1320. The number of halogens is 1. The summed E-state index contributed by atoms with van der Waals surface area (Å²) in [5.74, 6) is 1.26. The predicted molar refractivity (Wildman–Crippen MR) is 127 cm³/mol. The molecule has 0 bridgehead atoms. The predicted octanol–water partition coefficient (Wildman–Crippen LogP) is 1.71. The summed E-state index contributed by atoms with van der Waals surface area (Å²) in [7, 11) is 0. The molecule has 3 heterocycles. The normalized spacial score (nSPS) is 17.1. The van der Waals surface area contributed by atoms with Crippen LogP contribution in [0.4, 0.5) is 11.8 Å². The largest absolute Gasteiger partial charge is 0.368 e. The molecule has 0 amide bonds. The summed E-state index contributed by atoms with van der Waals surface area (Å²) < 4.78 is 1.66. The average molecular weight is 466 g/mol. The van der Waals surface area contributed by atoms with Crippen molar-refractivity contribution in [1.82, 2.24) is 24.9 Å². The standard InChI is InChI=1S/C22H24ClN9O/c1-12-14(11-24)19(30-22(25)27-12)29-18(13-5-6-13)20-28-16-4-2-3-15(23)17(16)21(33)32(20)31-9-7-26-8-10-31/h2-4,13,18,26H,5-10H2,1H3,(H3,25,27,29,30)/t18-/m0/s1. The van der Waals surface area contributed by atoms with Crippen LogP contribution in [0.1, 0.15) is 36.0 Å². The van der Waals surface area contributed by atoms with Crippen molar-refractivity contribution in [2.75, 3.05) is 42.2 Å². The maximum Gasteiger partial charge on any atom is 0.281 e. The number of nitrogens with one attached hydrogen (secondary N) is 2. The third-order valence-electron chi connectivity index (χ3n) is 6.11. The highest BCUT2D eigenvalue weighted by Crippen LogP contribution is 2.43. The summed E-state index contributed by atoms with van der Waals surface area (Å²) in [6, 6.07) is 7.12. The fourth-order valence-corrected chi connectivity index (χ4v) is 4.58. The minimum Gasteiger partial charge on any atom is -0.368 e. The molecule has 0 unspecified atom stereocenters. The number of aromatic nitrogens is 4. The second kappa shape index (κ2) is 8.50. The third-order valence-corrected chi connectivity index (χ3v) is 6.42. The lowest BCUT2D eigenvalue weighted by Crippen LogP contribution is -2.54. The van der Waals surface area contributed by atoms with Gasteiger partial charge < -0.3 is 21.4 Å². The van der Waals surface area contributed by atoms with E-state index < -0.39 is 0 Å². The molecule has 170 valence electrons. The fourth-order valence-electron chi connectivity index (χ4n) is 4.33. The van der Waals surface area contributed by atoms with Crippen molar-refractivity contribution in [2.45, 2.75) is 25.8 Å². The first-order valence-corrected chi connectivity index (χ1v) is 11.3. The lowest BCUT2D eigenvalue weighted by Gasteiger charge is -2.34. The van der Waals surface area contributed by atoms with Gasteiger partial charge in [0.25, 0.3) is 5.56 Å². The Morgan fingerprint density at radius 2 is 2.03 bits per heavy atom. The minimum atomic E-state index is -0.336. The van der Waals surface area contributed by atoms with Crippen LogP contribution >= 0.6 is 11.6 Å². The van der Waals surface area contributed by atoms with Crippen LogP contribution in [0.3, 0.4) is 0 Å². The molecule has 2 fully saturated rings. The zero-order valence-electron chi connectivity index (χ0n) is 18.2. The number of anilines is 2. The number of nitrogen functional groups attached to an aromatic ring is 1. The number of nitrogens with zero attached hydrogens (tertiary/aromatic N) is 6. The molecule has 11 heteroatoms. The van der Waals surface area contributed by atoms with Crippen LogP contribution in [-0.4, -0.2) is 45.8 Å². The second-order valence-electron chi connectivity index (χ2n) is 8.39. The lowest BCUT2D eigenvalue weighted by atomic mass is 10.1. The van der Waals surface area contributed by atoms with Crippen molar-refractivity contribution in [3.05, 3.63) is 50.7 Å². The van der Waals surface area contributed by atoms with E-state index >= 15 is 0 Å². The maximum atomic E-state index is 13.8. The zero-order chi connectivity index (χ0) is 23.1. The zero-order valence-corrected chi connectivity index (χ0v) is 18.9. The number of nitriles is 1. The monoisotopic (exact) mass is 465 g/mol. The molecule has 1 saturated carbocycles. The average Bonchev–Trinajstić information content (AvgIpc) is 3.63. The SMILES string of the molecule is Cc1nc(N)nc(N[C@H](c2nc3cccc(Cl)c3c(=O)n2N2CCNCC2)C2CC2)c1C#N. The van der Waals surface area contributed by atoms with Gasteiger partial charge >= 0.3 is 0 Å². The van der Waals surface area contributed by atoms with Crippen LogP contribution in [0.25, 0.3) is 10.9 Å². The molecule has 0 spiro atoms. The number of fused-ring (bicyclic) bond motifs is 1. The number of hydrogen-bond donors (Lipinski definition) is 3. The van der Waals surface area contributed by atoms with Gasteiger partial charge in [0.05, 0.1) is 27.7 Å². The summed E-state index contributed by atoms with van der Waals surface area (Å²) in [4.78, 5) is 27.1. The molecule has 1 aromatic carbocycles. The van der Waals surface area contributed by atoms with Crippen molar-refractivity contribution in [3.63, 3.8) is 0 Å². The number of rotatable bonds is 5. The van der Waals surface area contributed by atoms with Crippen molar-refractivity contribution < 1.29 is 0 Å². The van der Waals surface area contributed by atoms with Gasteiger partial charge in [0.1, 0.15) is 17.5 Å². The molecule has 3 aromatic rings. The van der Waals surface area contributed by atoms with Gasteiger partial charge in [-0.1, -0.05) is 17.7 Å². The summed E-state index contributed by atoms with van der Waals surface area (Å²) in [6.45, 7) is 4.55. The van der Waals surface area contributed by atoms with E-state index in [0.717, 1.165) is 25.9 Å². The number of benzene rings is 1. The molecule has 33 heavy (non-hydrogen) atoms. The van der Waals surface area contributed by atoms with Gasteiger partial charge in [0, 0.05) is 26.2 Å². The van der Waals surface area contributed by atoms with E-state index in [1.54, 1.807) is 29.8 Å². The van der Waals surface area contributed by atoms with E-state index in [1.807, 2.05) is 5.01 Å². The second-order valence-corrected chi connectivity index (χ2v) is 8.79. The van der Waals surface area contributed by atoms with Crippen molar-refractivity contribution in [3.8, 4) is 6.07 Å². The Morgan fingerprint density at radius 1 is 1.27 bits per heavy atom. The van der Waals surface area contributed by atoms with Gasteiger partial charge in [-0.3, -0.25) is 4.79 Å². The van der Waals surface area contributed by atoms with Crippen molar-refractivity contribution >= 4 is 34.3 Å². The summed E-state index contributed by atoms with van der Waals surface area (Å²) in [5, 5.41) is 19.2. The number of hydrogen-bond acceptors (Lipinski definition) is 9. The Hall–Kier alpha value is -3.42. The van der Waals surface area contributed by atoms with E-state index in [-0.39, 0.29) is 23.5 Å². The summed E-state index contributed by atoms with van der Waals surface area (Å²) >= 11 is 6.42. The topological polar surface area (TPSA) is 138 Å². The fraction of sp³-hybridized carbons (Fsp3) is 0.409. The van der Waals surface area contributed by atoms with Crippen LogP contribution in [-0.2, 0) is 0 Å². The van der Waals surface area contributed by atoms with Crippen molar-refractivity contribution in [2.24, 2.45) is 5.92 Å². The number of piperazine rings is 1. The van der Waals surface area contributed by atoms with Crippen LogP contribution < -0.4 is 26.9 Å². The molecule has 10 nitrogen and oxygen atoms in total. The Labute approximate surface area is 195 Å². The molecule has 5 rings (SSSR count). The molecule has 1 saturated heterocycles. The van der Waals surface area contributed by atoms with E-state index in [9.17, 15) is 10.1 Å². The van der Waals surface area contributed by atoms with E-state index in [1.165, 1.54) is 0 Å². The maximum absolute atomic E-state index is 13.8. The molecule has 2 aromatic heterocycles. The quantitative estimate of drug-likeness (QED) is 0.513. The first-order chi connectivity index (χ1) is 16.0. The van der Waals surface area contributed by atoms with Gasteiger partial charge in [0.15, 0.2) is 5.82 Å². The van der Waals surface area contributed by atoms with Gasteiger partial charge in [-0.2, -0.15) is 10.2 Å². The Morgan fingerprint density at radius 3 is 2.73 bits per heavy atom. The van der Waals surface area contributed by atoms with Crippen LogP contribution in [0, 0.1) is 24.2 Å². The highest BCUT2D eigenvalue weighted by Gasteiger charge is 2.38. The molecular formula is C22H24ClN9O. The van der Waals surface area contributed by atoms with Crippen LogP contribution in [0.2, 0.25) is 5.02 Å². The minimum absolute atomic E-state index is 0.0845. The number of nitrogens with two attached hydrogens (primary N) is 1. The van der Waals surface area contributed by atoms with Gasteiger partial charge in [0.2, 0.25) is 5.95 Å². The molecule has 1 atom stereocenters. The molecule has 4 N–H and O–H groups in total. The summed E-state index contributed by atoms with van der Waals surface area (Å²) in [6.07, 6.45) is 1.95. The Kier molecular flexibility index (Phi) is 5.52. The molecule has 1 aliphatic carbocycles. The van der Waals surface area contributed by atoms with E-state index in [0.29, 0.717) is 51.9 Å². The van der Waals surface area contributed by atoms with Crippen molar-refractivity contribution in [1.29, 1.82) is 5.26 Å². The van der Waals surface area contributed by atoms with E-state index in [4.69, 9.17) is 22.3 Å². The van der Waals surface area contributed by atoms with E-state index in [2.05, 4.69) is 26.7 Å². The van der Waals surface area contributed by atoms with Crippen LogP contribution in [0.15, 0.2) is 23.0 Å². The van der Waals surface area contributed by atoms with Gasteiger partial charge in [-0.15, -0.1) is 0 Å². The molecule has 1 aliphatic heterocycles. The highest BCUT2D eigenvalue weighted by atomic mass is 35.5. The first kappa shape index (κ1) is 21.4. The number of aryl methyl sites for hydroxylation is 1. The summed E-state index contributed by atoms with van der Waals surface area (Å²) in [5.41, 5.74) is 7.05. The molecule has 0 radical (unpaired) electrons. The molecular weight excluding hydrogens is 442 g/mol. The smallest absolute Gasteiger partial charge is 0.281 e. The van der Waals surface area contributed by atoms with Crippen LogP contribution in [0.5, 0.6) is 0 Å². The highest BCUT2D eigenvalue weighted by molar-refractivity contribution is 6.35. The third kappa shape index (κ3) is 3.94. The lowest BCUT2D eigenvalue weighted by molar-refractivity contribution is 0.450. The van der Waals surface area contributed by atoms with Gasteiger partial charge in [-0.05, 0) is 37.8 Å². The first-order valence-electron chi connectivity index (χ1n) is 11.0. The molecule has 2 aliphatic rings.